The van der Waals surface area contributed by atoms with Crippen molar-refractivity contribution in [1.29, 1.82) is 0 Å². The van der Waals surface area contributed by atoms with E-state index in [9.17, 15) is 14.8 Å². The van der Waals surface area contributed by atoms with Crippen LogP contribution in [-0.2, 0) is 11.2 Å². The average molecular weight is 549 g/mol. The SMILES string of the molecule is CN(C=O)c1ccc2ncccc2c1.COc1ccccc1NN(O)SNC(=O)NC(C)Cc1ccccc1. The van der Waals surface area contributed by atoms with Crippen molar-refractivity contribution in [3.8, 4) is 5.75 Å². The van der Waals surface area contributed by atoms with Gasteiger partial charge in [0.25, 0.3) is 0 Å². The summed E-state index contributed by atoms with van der Waals surface area (Å²) in [7, 11) is 3.26. The molecular formula is C28H32N6O4S. The van der Waals surface area contributed by atoms with Crippen molar-refractivity contribution in [3.63, 3.8) is 0 Å². The third-order valence-corrected chi connectivity index (χ3v) is 6.00. The fourth-order valence-corrected chi connectivity index (χ4v) is 3.94. The van der Waals surface area contributed by atoms with Crippen LogP contribution in [0.4, 0.5) is 16.2 Å². The molecule has 0 saturated heterocycles. The Kier molecular flexibility index (Phi) is 11.4. The van der Waals surface area contributed by atoms with E-state index in [0.29, 0.717) is 28.1 Å². The lowest BCUT2D eigenvalue weighted by atomic mass is 10.1. The Morgan fingerprint density at radius 1 is 1.08 bits per heavy atom. The molecule has 1 unspecified atom stereocenters. The van der Waals surface area contributed by atoms with Gasteiger partial charge >= 0.3 is 6.03 Å². The maximum atomic E-state index is 11.9. The van der Waals surface area contributed by atoms with Crippen molar-refractivity contribution in [2.45, 2.75) is 19.4 Å². The lowest BCUT2D eigenvalue weighted by molar-refractivity contribution is -0.107. The van der Waals surface area contributed by atoms with Crippen molar-refractivity contribution in [1.82, 2.24) is 19.6 Å². The predicted molar refractivity (Wildman–Crippen MR) is 155 cm³/mol. The van der Waals surface area contributed by atoms with Crippen LogP contribution in [0, 0.1) is 0 Å². The number of hydrogen-bond acceptors (Lipinski definition) is 8. The van der Waals surface area contributed by atoms with Crippen LogP contribution < -0.4 is 25.1 Å². The number of benzene rings is 3. The Morgan fingerprint density at radius 2 is 1.82 bits per heavy atom. The summed E-state index contributed by atoms with van der Waals surface area (Å²) in [5.41, 5.74) is 6.22. The highest BCUT2D eigenvalue weighted by molar-refractivity contribution is 7.95. The van der Waals surface area contributed by atoms with E-state index in [1.54, 1.807) is 31.4 Å². The minimum Gasteiger partial charge on any atom is -0.495 e. The summed E-state index contributed by atoms with van der Waals surface area (Å²) >= 11 is 0.707. The number of carbonyl (C=O) groups is 2. The number of para-hydroxylation sites is 2. The molecule has 39 heavy (non-hydrogen) atoms. The fourth-order valence-electron chi connectivity index (χ4n) is 3.56. The maximum absolute atomic E-state index is 11.9. The number of amides is 3. The molecule has 1 atom stereocenters. The molecule has 204 valence electrons. The minimum atomic E-state index is -0.394. The van der Waals surface area contributed by atoms with Crippen LogP contribution in [0.3, 0.4) is 0 Å². The van der Waals surface area contributed by atoms with Gasteiger partial charge in [0.2, 0.25) is 6.41 Å². The number of nitrogens with one attached hydrogen (secondary N) is 3. The largest absolute Gasteiger partial charge is 0.495 e. The summed E-state index contributed by atoms with van der Waals surface area (Å²) in [6.45, 7) is 1.92. The number of fused-ring (bicyclic) bond motifs is 1. The third kappa shape index (κ3) is 9.49. The first-order valence-electron chi connectivity index (χ1n) is 12.1. The number of nitrogens with zero attached hydrogens (tertiary/aromatic N) is 3. The Morgan fingerprint density at radius 3 is 2.56 bits per heavy atom. The fraction of sp³-hybridized carbons (Fsp3) is 0.179. The second kappa shape index (κ2) is 15.2. The molecule has 4 rings (SSSR count). The van der Waals surface area contributed by atoms with Crippen LogP contribution >= 0.6 is 12.1 Å². The highest BCUT2D eigenvalue weighted by Gasteiger charge is 2.11. The van der Waals surface area contributed by atoms with Crippen LogP contribution in [0.15, 0.2) is 91.1 Å². The van der Waals surface area contributed by atoms with Gasteiger partial charge in [-0.2, -0.15) is 0 Å². The number of carbonyl (C=O) groups excluding carboxylic acids is 2. The molecule has 3 aromatic carbocycles. The Hall–Kier alpha value is -4.32. The van der Waals surface area contributed by atoms with Crippen LogP contribution in [0.1, 0.15) is 12.5 Å². The quantitative estimate of drug-likeness (QED) is 0.124. The molecule has 0 radical (unpaired) electrons. The van der Waals surface area contributed by atoms with Gasteiger partial charge in [0.05, 0.1) is 30.4 Å². The van der Waals surface area contributed by atoms with E-state index < -0.39 is 6.03 Å². The summed E-state index contributed by atoms with van der Waals surface area (Å²) < 4.78 is 8.36. The van der Waals surface area contributed by atoms with Crippen LogP contribution in [0.2, 0.25) is 0 Å². The standard InChI is InChI=1S/C17H22N4O3S.C11H10N2O/c1-13(12-14-8-4-3-5-9-14)18-17(22)20-25-21(23)19-15-10-6-7-11-16(15)24-2;1-13(8-14)10-4-5-11-9(7-10)3-2-6-12-11/h3-11,13,19,23H,12H2,1-2H3,(H2,18,20,22);2-8H,1H3. The van der Waals surface area contributed by atoms with Crippen molar-refractivity contribution < 1.29 is 19.5 Å². The molecule has 0 spiro atoms. The highest BCUT2D eigenvalue weighted by Crippen LogP contribution is 2.24. The van der Waals surface area contributed by atoms with Gasteiger partial charge in [-0.05, 0) is 59.9 Å². The van der Waals surface area contributed by atoms with Crippen LogP contribution in [0.5, 0.6) is 5.75 Å². The topological polar surface area (TPSA) is 119 Å². The zero-order valence-corrected chi connectivity index (χ0v) is 22.8. The number of aromatic nitrogens is 1. The van der Waals surface area contributed by atoms with Gasteiger partial charge in [-0.1, -0.05) is 48.5 Å². The Bertz CT molecular complexity index is 1340. The first-order valence-corrected chi connectivity index (χ1v) is 12.9. The number of ether oxygens (including phenoxy) is 1. The molecule has 1 aromatic heterocycles. The van der Waals surface area contributed by atoms with Crippen molar-refractivity contribution in [2.75, 3.05) is 24.5 Å². The molecule has 11 heteroatoms. The molecule has 0 aliphatic rings. The van der Waals surface area contributed by atoms with Gasteiger partial charge in [-0.3, -0.25) is 25.1 Å². The molecule has 0 fully saturated rings. The van der Waals surface area contributed by atoms with Crippen molar-refractivity contribution in [2.24, 2.45) is 0 Å². The number of rotatable bonds is 10. The van der Waals surface area contributed by atoms with E-state index in [2.05, 4.69) is 20.4 Å². The minimum absolute atomic E-state index is 0.0441. The first kappa shape index (κ1) is 29.2. The highest BCUT2D eigenvalue weighted by atomic mass is 32.2. The maximum Gasteiger partial charge on any atom is 0.326 e. The smallest absolute Gasteiger partial charge is 0.326 e. The van der Waals surface area contributed by atoms with Crippen molar-refractivity contribution in [3.05, 3.63) is 96.7 Å². The molecule has 1 heterocycles. The molecule has 0 aliphatic heterocycles. The molecular weight excluding hydrogens is 516 g/mol. The monoisotopic (exact) mass is 548 g/mol. The van der Waals surface area contributed by atoms with Crippen molar-refractivity contribution >= 4 is 46.9 Å². The molecule has 3 amide bonds. The molecule has 0 bridgehead atoms. The summed E-state index contributed by atoms with van der Waals surface area (Å²) in [6.07, 6.45) is 3.27. The zero-order chi connectivity index (χ0) is 28.0. The predicted octanol–water partition coefficient (Wildman–Crippen LogP) is 5.03. The van der Waals surface area contributed by atoms with Gasteiger partial charge < -0.3 is 15.0 Å². The average Bonchev–Trinajstić information content (AvgIpc) is 2.96. The number of hydrogen-bond donors (Lipinski definition) is 4. The first-order chi connectivity index (χ1) is 18.9. The van der Waals surface area contributed by atoms with E-state index in [1.807, 2.05) is 73.7 Å². The summed E-state index contributed by atoms with van der Waals surface area (Å²) in [4.78, 5) is 28.2. The van der Waals surface area contributed by atoms with Gasteiger partial charge in [0.1, 0.15) is 5.75 Å². The summed E-state index contributed by atoms with van der Waals surface area (Å²) in [5, 5.41) is 13.7. The number of hydrazine groups is 1. The second-order valence-corrected chi connectivity index (χ2v) is 9.17. The number of urea groups is 1. The van der Waals surface area contributed by atoms with Crippen LogP contribution in [0.25, 0.3) is 10.9 Å². The number of anilines is 2. The van der Waals surface area contributed by atoms with E-state index in [4.69, 9.17) is 4.74 Å². The second-order valence-electron chi connectivity index (χ2n) is 8.44. The molecule has 4 aromatic rings. The molecule has 10 nitrogen and oxygen atoms in total. The third-order valence-electron chi connectivity index (χ3n) is 5.46. The lowest BCUT2D eigenvalue weighted by Crippen LogP contribution is -2.40. The van der Waals surface area contributed by atoms with Gasteiger partial charge in [0.15, 0.2) is 0 Å². The normalized spacial score (nSPS) is 11.1. The van der Waals surface area contributed by atoms with Gasteiger partial charge in [0, 0.05) is 30.4 Å². The Balaban J connectivity index is 0.000000252. The van der Waals surface area contributed by atoms with Crippen LogP contribution in [-0.4, -0.2) is 47.4 Å². The van der Waals surface area contributed by atoms with Gasteiger partial charge in [-0.15, -0.1) is 0 Å². The van der Waals surface area contributed by atoms with E-state index in [0.717, 1.165) is 35.0 Å². The van der Waals surface area contributed by atoms with E-state index in [1.165, 1.54) is 12.0 Å². The summed E-state index contributed by atoms with van der Waals surface area (Å²) in [6, 6.07) is 26.2. The number of pyridine rings is 1. The molecule has 0 saturated carbocycles. The molecule has 0 aliphatic carbocycles. The zero-order valence-electron chi connectivity index (χ0n) is 21.9. The van der Waals surface area contributed by atoms with E-state index >= 15 is 0 Å². The Labute approximate surface area is 232 Å². The summed E-state index contributed by atoms with van der Waals surface area (Å²) in [5.74, 6) is 0.572. The van der Waals surface area contributed by atoms with E-state index in [-0.39, 0.29) is 6.04 Å². The number of methoxy groups -OCH3 is 1. The molecule has 4 N–H and O–H groups in total. The van der Waals surface area contributed by atoms with Gasteiger partial charge in [-0.25, -0.2) is 4.79 Å². The lowest BCUT2D eigenvalue weighted by Gasteiger charge is -2.19.